The highest BCUT2D eigenvalue weighted by atomic mass is 35.5. The van der Waals surface area contributed by atoms with Gasteiger partial charge in [0, 0.05) is 13.5 Å². The molecule has 0 fully saturated rings. The molecule has 1 heterocycles. The Kier molecular flexibility index (Phi) is 5.83. The minimum absolute atomic E-state index is 0.430. The fraction of sp³-hybridized carbons (Fsp3) is 0.429. The number of rotatable bonds is 8. The molecule has 1 aromatic heterocycles. The molecule has 114 valence electrons. The van der Waals surface area contributed by atoms with E-state index in [4.69, 9.17) is 25.6 Å². The third-order valence-electron chi connectivity index (χ3n) is 2.65. The fourth-order valence-corrected chi connectivity index (χ4v) is 1.96. The number of anilines is 1. The zero-order valence-corrected chi connectivity index (χ0v) is 12.8. The lowest BCUT2D eigenvalue weighted by Gasteiger charge is -2.13. The van der Waals surface area contributed by atoms with Gasteiger partial charge in [0.15, 0.2) is 11.6 Å². The molecule has 0 aliphatic rings. The highest BCUT2D eigenvalue weighted by Crippen LogP contribution is 2.33. The van der Waals surface area contributed by atoms with E-state index in [1.165, 1.54) is 0 Å². The molecule has 0 bridgehead atoms. The lowest BCUT2D eigenvalue weighted by atomic mass is 10.3. The van der Waals surface area contributed by atoms with Crippen molar-refractivity contribution in [2.45, 2.75) is 20.4 Å². The van der Waals surface area contributed by atoms with Crippen LogP contribution in [0.5, 0.6) is 5.75 Å². The Labute approximate surface area is 128 Å². The average molecular weight is 312 g/mol. The number of nitrogens with zero attached hydrogens (tertiary/aromatic N) is 2. The van der Waals surface area contributed by atoms with Crippen molar-refractivity contribution in [3.8, 4) is 5.75 Å². The van der Waals surface area contributed by atoms with Crippen LogP contribution in [0.1, 0.15) is 18.6 Å². The summed E-state index contributed by atoms with van der Waals surface area (Å²) in [4.78, 5) is 4.13. The maximum atomic E-state index is 6.17. The number of halogens is 1. The molecule has 1 aromatic carbocycles. The maximum absolute atomic E-state index is 6.17. The molecule has 2 rings (SSSR count). The second kappa shape index (κ2) is 7.85. The van der Waals surface area contributed by atoms with Gasteiger partial charge in [-0.1, -0.05) is 22.8 Å². The summed E-state index contributed by atoms with van der Waals surface area (Å²) < 4.78 is 15.8. The Bertz CT molecular complexity index is 574. The van der Waals surface area contributed by atoms with Crippen LogP contribution in [0, 0.1) is 6.92 Å². The van der Waals surface area contributed by atoms with Crippen molar-refractivity contribution in [1.82, 2.24) is 10.1 Å². The Balaban J connectivity index is 1.99. The molecule has 21 heavy (non-hydrogen) atoms. The number of aryl methyl sites for hydroxylation is 1. The van der Waals surface area contributed by atoms with Gasteiger partial charge in [-0.25, -0.2) is 0 Å². The number of para-hydroxylation sites is 1. The third-order valence-corrected chi connectivity index (χ3v) is 2.95. The van der Waals surface area contributed by atoms with Crippen LogP contribution < -0.4 is 10.1 Å². The first-order valence-electron chi connectivity index (χ1n) is 6.72. The summed E-state index contributed by atoms with van der Waals surface area (Å²) in [5.74, 6) is 1.71. The Hall–Kier alpha value is -1.79. The van der Waals surface area contributed by atoms with Crippen molar-refractivity contribution >= 4 is 17.3 Å². The highest BCUT2D eigenvalue weighted by molar-refractivity contribution is 6.32. The summed E-state index contributed by atoms with van der Waals surface area (Å²) >= 11 is 6.17. The molecule has 0 aliphatic carbocycles. The van der Waals surface area contributed by atoms with Crippen molar-refractivity contribution in [1.29, 1.82) is 0 Å². The molecule has 0 aliphatic heterocycles. The molecular formula is C14H18ClN3O3. The zero-order valence-electron chi connectivity index (χ0n) is 12.1. The molecule has 2 aromatic rings. The largest absolute Gasteiger partial charge is 0.487 e. The van der Waals surface area contributed by atoms with Gasteiger partial charge in [0.05, 0.1) is 23.9 Å². The summed E-state index contributed by atoms with van der Waals surface area (Å²) in [6, 6.07) is 5.51. The van der Waals surface area contributed by atoms with Gasteiger partial charge in [0.1, 0.15) is 6.61 Å². The molecule has 0 unspecified atom stereocenters. The van der Waals surface area contributed by atoms with Crippen LogP contribution in [-0.2, 0) is 11.3 Å². The van der Waals surface area contributed by atoms with Crippen molar-refractivity contribution in [3.05, 3.63) is 34.9 Å². The van der Waals surface area contributed by atoms with E-state index in [1.807, 2.05) is 19.1 Å². The first kappa shape index (κ1) is 15.6. The topological polar surface area (TPSA) is 69.4 Å². The minimum atomic E-state index is 0.430. The van der Waals surface area contributed by atoms with Crippen LogP contribution in [0.25, 0.3) is 0 Å². The predicted molar refractivity (Wildman–Crippen MR) is 79.8 cm³/mol. The van der Waals surface area contributed by atoms with Crippen LogP contribution in [0.3, 0.4) is 0 Å². The molecule has 0 atom stereocenters. The molecule has 0 radical (unpaired) electrons. The van der Waals surface area contributed by atoms with Gasteiger partial charge in [0.25, 0.3) is 0 Å². The normalized spacial score (nSPS) is 10.6. The monoisotopic (exact) mass is 311 g/mol. The first-order valence-corrected chi connectivity index (χ1v) is 7.10. The second-order valence-electron chi connectivity index (χ2n) is 4.25. The quantitative estimate of drug-likeness (QED) is 0.756. The van der Waals surface area contributed by atoms with E-state index in [0.29, 0.717) is 48.9 Å². The average Bonchev–Trinajstić information content (AvgIpc) is 2.89. The summed E-state index contributed by atoms with van der Waals surface area (Å²) in [5, 5.41) is 7.56. The molecule has 0 spiro atoms. The Morgan fingerprint density at radius 3 is 2.90 bits per heavy atom. The minimum Gasteiger partial charge on any atom is -0.487 e. The number of aromatic nitrogens is 2. The van der Waals surface area contributed by atoms with Gasteiger partial charge in [0.2, 0.25) is 5.89 Å². The number of nitrogens with one attached hydrogen (secondary N) is 1. The van der Waals surface area contributed by atoms with Crippen LogP contribution >= 0.6 is 11.6 Å². The molecular weight excluding hydrogens is 294 g/mol. The van der Waals surface area contributed by atoms with E-state index in [-0.39, 0.29) is 0 Å². The van der Waals surface area contributed by atoms with Crippen molar-refractivity contribution in [2.24, 2.45) is 0 Å². The maximum Gasteiger partial charge on any atom is 0.223 e. The van der Waals surface area contributed by atoms with Crippen molar-refractivity contribution in [3.63, 3.8) is 0 Å². The SMILES string of the molecule is CCOCCOc1c(Cl)cccc1NCc1noc(C)n1. The molecule has 0 saturated heterocycles. The van der Waals surface area contributed by atoms with Gasteiger partial charge in [-0.3, -0.25) is 0 Å². The third kappa shape index (κ3) is 4.61. The predicted octanol–water partition coefficient (Wildman–Crippen LogP) is 3.06. The van der Waals surface area contributed by atoms with Gasteiger partial charge in [-0.15, -0.1) is 0 Å². The second-order valence-corrected chi connectivity index (χ2v) is 4.65. The summed E-state index contributed by atoms with van der Waals surface area (Å²) in [7, 11) is 0. The van der Waals surface area contributed by atoms with Crippen molar-refractivity contribution in [2.75, 3.05) is 25.1 Å². The Morgan fingerprint density at radius 2 is 2.19 bits per heavy atom. The molecule has 7 heteroatoms. The van der Waals surface area contributed by atoms with Crippen molar-refractivity contribution < 1.29 is 14.0 Å². The standard InChI is InChI=1S/C14H18ClN3O3/c1-3-19-7-8-20-14-11(15)5-4-6-12(14)16-9-13-17-10(2)21-18-13/h4-6,16H,3,7-9H2,1-2H3. The summed E-state index contributed by atoms with van der Waals surface area (Å²) in [6.45, 7) is 5.74. The lowest BCUT2D eigenvalue weighted by molar-refractivity contribution is 0.110. The summed E-state index contributed by atoms with van der Waals surface area (Å²) in [6.07, 6.45) is 0. The van der Waals surface area contributed by atoms with Crippen LogP contribution in [0.15, 0.2) is 22.7 Å². The van der Waals surface area contributed by atoms with Gasteiger partial charge in [-0.05, 0) is 19.1 Å². The number of hydrogen-bond donors (Lipinski definition) is 1. The number of benzene rings is 1. The van der Waals surface area contributed by atoms with Crippen LogP contribution in [0.4, 0.5) is 5.69 Å². The van der Waals surface area contributed by atoms with Gasteiger partial charge >= 0.3 is 0 Å². The molecule has 1 N–H and O–H groups in total. The van der Waals surface area contributed by atoms with E-state index in [0.717, 1.165) is 5.69 Å². The van der Waals surface area contributed by atoms with Crippen LogP contribution in [-0.4, -0.2) is 30.0 Å². The van der Waals surface area contributed by atoms with Gasteiger partial charge < -0.3 is 19.3 Å². The molecule has 0 saturated carbocycles. The number of ether oxygens (including phenoxy) is 2. The van der Waals surface area contributed by atoms with Crippen LogP contribution in [0.2, 0.25) is 5.02 Å². The Morgan fingerprint density at radius 1 is 1.33 bits per heavy atom. The van der Waals surface area contributed by atoms with E-state index in [9.17, 15) is 0 Å². The smallest absolute Gasteiger partial charge is 0.223 e. The molecule has 6 nitrogen and oxygen atoms in total. The first-order chi connectivity index (χ1) is 10.2. The molecule has 0 amide bonds. The lowest BCUT2D eigenvalue weighted by Crippen LogP contribution is -2.09. The zero-order chi connectivity index (χ0) is 15.1. The van der Waals surface area contributed by atoms with Gasteiger partial charge in [-0.2, -0.15) is 4.98 Å². The van der Waals surface area contributed by atoms with E-state index < -0.39 is 0 Å². The van der Waals surface area contributed by atoms with E-state index in [2.05, 4.69) is 15.5 Å². The van der Waals surface area contributed by atoms with E-state index >= 15 is 0 Å². The fourth-order valence-electron chi connectivity index (χ4n) is 1.73. The highest BCUT2D eigenvalue weighted by Gasteiger charge is 2.10. The van der Waals surface area contributed by atoms with E-state index in [1.54, 1.807) is 13.0 Å². The number of hydrogen-bond acceptors (Lipinski definition) is 6. The summed E-state index contributed by atoms with van der Waals surface area (Å²) in [5.41, 5.74) is 0.779.